The third-order valence-electron chi connectivity index (χ3n) is 5.47. The Kier molecular flexibility index (Phi) is 6.36. The summed E-state index contributed by atoms with van der Waals surface area (Å²) in [5, 5.41) is 6.75. The summed E-state index contributed by atoms with van der Waals surface area (Å²) in [6.45, 7) is 1.01. The van der Waals surface area contributed by atoms with E-state index in [1.54, 1.807) is 6.07 Å². The maximum absolute atomic E-state index is 14.1. The quantitative estimate of drug-likeness (QED) is 0.642. The highest BCUT2D eigenvalue weighted by Gasteiger charge is 2.27. The molecule has 0 bridgehead atoms. The van der Waals surface area contributed by atoms with Gasteiger partial charge in [0.2, 0.25) is 0 Å². The molecule has 1 aliphatic rings. The molecule has 0 aliphatic carbocycles. The van der Waals surface area contributed by atoms with E-state index in [1.165, 1.54) is 52.2 Å². The van der Waals surface area contributed by atoms with Crippen molar-refractivity contribution in [3.05, 3.63) is 85.7 Å². The van der Waals surface area contributed by atoms with Crippen LogP contribution in [0.25, 0.3) is 0 Å². The maximum atomic E-state index is 14.1. The summed E-state index contributed by atoms with van der Waals surface area (Å²) in [5.41, 5.74) is 1.43. The number of nitrogens with one attached hydrogen (secondary N) is 1. The second kappa shape index (κ2) is 9.35. The molecule has 166 valence electrons. The van der Waals surface area contributed by atoms with Crippen LogP contribution < -0.4 is 15.6 Å². The van der Waals surface area contributed by atoms with Crippen LogP contribution in [0, 0.1) is 5.82 Å². The third-order valence-corrected chi connectivity index (χ3v) is 6.20. The Balaban J connectivity index is 1.62. The Morgan fingerprint density at radius 1 is 1.19 bits per heavy atom. The van der Waals surface area contributed by atoms with Crippen molar-refractivity contribution in [1.29, 1.82) is 0 Å². The predicted molar refractivity (Wildman–Crippen MR) is 119 cm³/mol. The van der Waals surface area contributed by atoms with Crippen LogP contribution >= 0.6 is 11.3 Å². The van der Waals surface area contributed by atoms with E-state index in [0.29, 0.717) is 12.2 Å². The Labute approximate surface area is 188 Å². The second-order valence-corrected chi connectivity index (χ2v) is 8.14. The van der Waals surface area contributed by atoms with Gasteiger partial charge in [0.05, 0.1) is 12.7 Å². The van der Waals surface area contributed by atoms with Crippen LogP contribution in [0.2, 0.25) is 0 Å². The Hall–Kier alpha value is -3.46. The molecule has 0 saturated heterocycles. The van der Waals surface area contributed by atoms with Crippen LogP contribution in [0.15, 0.2) is 52.0 Å². The molecular formula is C23H22FN3O4S. The van der Waals surface area contributed by atoms with Crippen LogP contribution in [-0.4, -0.2) is 41.5 Å². The first-order valence-corrected chi connectivity index (χ1v) is 11.1. The molecular weight excluding hydrogens is 433 g/mol. The molecule has 1 aromatic carbocycles. The summed E-state index contributed by atoms with van der Waals surface area (Å²) in [4.78, 5) is 40.2. The Bertz CT molecular complexity index is 1210. The summed E-state index contributed by atoms with van der Waals surface area (Å²) >= 11 is 1.54. The van der Waals surface area contributed by atoms with E-state index in [1.807, 2.05) is 16.8 Å². The highest BCUT2D eigenvalue weighted by atomic mass is 32.1. The molecule has 32 heavy (non-hydrogen) atoms. The van der Waals surface area contributed by atoms with Gasteiger partial charge in [-0.25, -0.2) is 4.39 Å². The molecule has 3 heterocycles. The fraction of sp³-hybridized carbons (Fsp3) is 0.261. The van der Waals surface area contributed by atoms with Crippen molar-refractivity contribution in [1.82, 2.24) is 14.8 Å². The minimum absolute atomic E-state index is 0.0166. The van der Waals surface area contributed by atoms with Gasteiger partial charge < -0.3 is 19.5 Å². The summed E-state index contributed by atoms with van der Waals surface area (Å²) in [6, 6.07) is 9.02. The van der Waals surface area contributed by atoms with Gasteiger partial charge in [0.15, 0.2) is 0 Å². The Morgan fingerprint density at radius 2 is 2.00 bits per heavy atom. The molecule has 0 radical (unpaired) electrons. The normalized spacial score (nSPS) is 13.2. The molecule has 9 heteroatoms. The molecule has 2 amide bonds. The molecule has 1 aliphatic heterocycles. The Morgan fingerprint density at radius 3 is 2.72 bits per heavy atom. The third kappa shape index (κ3) is 4.29. The van der Waals surface area contributed by atoms with Gasteiger partial charge in [0.1, 0.15) is 17.1 Å². The van der Waals surface area contributed by atoms with E-state index in [0.717, 1.165) is 5.56 Å². The van der Waals surface area contributed by atoms with Crippen molar-refractivity contribution in [2.45, 2.75) is 19.5 Å². The topological polar surface area (TPSA) is 80.6 Å². The number of thiophene rings is 1. The van der Waals surface area contributed by atoms with Crippen molar-refractivity contribution in [2.75, 3.05) is 20.2 Å². The van der Waals surface area contributed by atoms with Gasteiger partial charge in [-0.1, -0.05) is 12.1 Å². The molecule has 4 rings (SSSR count). The number of carbonyl (C=O) groups is 2. The molecule has 1 N–H and O–H groups in total. The number of halogens is 1. The van der Waals surface area contributed by atoms with Crippen molar-refractivity contribution in [2.24, 2.45) is 0 Å². The van der Waals surface area contributed by atoms with Crippen molar-refractivity contribution in [3.8, 4) is 5.75 Å². The van der Waals surface area contributed by atoms with Crippen LogP contribution in [0.4, 0.5) is 4.39 Å². The zero-order valence-corrected chi connectivity index (χ0v) is 18.3. The van der Waals surface area contributed by atoms with E-state index >= 15 is 0 Å². The monoisotopic (exact) mass is 455 g/mol. The zero-order valence-electron chi connectivity index (χ0n) is 17.5. The van der Waals surface area contributed by atoms with Gasteiger partial charge in [-0.05, 0) is 34.5 Å². The van der Waals surface area contributed by atoms with Crippen LogP contribution in [0.5, 0.6) is 5.75 Å². The fourth-order valence-corrected chi connectivity index (χ4v) is 4.50. The van der Waals surface area contributed by atoms with E-state index in [2.05, 4.69) is 5.32 Å². The van der Waals surface area contributed by atoms with E-state index in [-0.39, 0.29) is 54.4 Å². The molecule has 0 saturated carbocycles. The lowest BCUT2D eigenvalue weighted by Gasteiger charge is -2.20. The average Bonchev–Trinajstić information content (AvgIpc) is 3.22. The number of fused-ring (bicyclic) bond motifs is 1. The number of aromatic nitrogens is 1. The second-order valence-electron chi connectivity index (χ2n) is 7.36. The molecule has 0 atom stereocenters. The first kappa shape index (κ1) is 21.8. The lowest BCUT2D eigenvalue weighted by molar-refractivity contribution is 0.0754. The molecule has 7 nitrogen and oxygen atoms in total. The summed E-state index contributed by atoms with van der Waals surface area (Å²) in [6.07, 6.45) is 0.258. The first-order valence-electron chi connectivity index (χ1n) is 10.1. The molecule has 3 aromatic rings. The molecule has 0 unspecified atom stereocenters. The van der Waals surface area contributed by atoms with Gasteiger partial charge in [-0.3, -0.25) is 14.4 Å². The number of pyridine rings is 1. The predicted octanol–water partition coefficient (Wildman–Crippen LogP) is 2.69. The van der Waals surface area contributed by atoms with Crippen molar-refractivity contribution >= 4 is 23.2 Å². The number of nitrogens with zero attached hydrogens (tertiary/aromatic N) is 2. The number of hydrogen-bond acceptors (Lipinski definition) is 5. The van der Waals surface area contributed by atoms with Gasteiger partial charge in [-0.2, -0.15) is 11.3 Å². The maximum Gasteiger partial charge on any atom is 0.257 e. The number of carbonyl (C=O) groups excluding carboxylic acids is 2. The standard InChI is InChI=1S/C23H22FN3O4S/c1-31-19-12-20(28)27-10-9-26(23(30)16-4-2-3-5-17(16)24)8-6-18(27)21(19)22(29)25-13-15-7-11-32-14-15/h2-5,7,11-12,14H,6,8-10,13H2,1H3,(H,25,29). The van der Waals surface area contributed by atoms with Gasteiger partial charge >= 0.3 is 0 Å². The van der Waals surface area contributed by atoms with Gasteiger partial charge in [-0.15, -0.1) is 0 Å². The first-order chi connectivity index (χ1) is 15.5. The van der Waals surface area contributed by atoms with E-state index < -0.39 is 11.7 Å². The molecule has 0 fully saturated rings. The number of rotatable bonds is 5. The number of hydrogen-bond donors (Lipinski definition) is 1. The SMILES string of the molecule is COc1cc(=O)n2c(c1C(=O)NCc1ccsc1)CCN(C(=O)c1ccccc1F)CC2. The summed E-state index contributed by atoms with van der Waals surface area (Å²) in [7, 11) is 1.41. The van der Waals surface area contributed by atoms with E-state index in [4.69, 9.17) is 4.74 Å². The summed E-state index contributed by atoms with van der Waals surface area (Å²) < 4.78 is 21.0. The minimum atomic E-state index is -0.591. The highest BCUT2D eigenvalue weighted by Crippen LogP contribution is 2.23. The van der Waals surface area contributed by atoms with Crippen LogP contribution in [-0.2, 0) is 19.5 Å². The number of methoxy groups -OCH3 is 1. The molecule has 0 spiro atoms. The van der Waals surface area contributed by atoms with Crippen LogP contribution in [0.3, 0.4) is 0 Å². The van der Waals surface area contributed by atoms with Crippen molar-refractivity contribution < 1.29 is 18.7 Å². The lowest BCUT2D eigenvalue weighted by Crippen LogP contribution is -2.34. The number of amides is 2. The fourth-order valence-electron chi connectivity index (χ4n) is 3.83. The summed E-state index contributed by atoms with van der Waals surface area (Å²) in [5.74, 6) is -1.20. The lowest BCUT2D eigenvalue weighted by atomic mass is 10.1. The van der Waals surface area contributed by atoms with E-state index in [9.17, 15) is 18.8 Å². The smallest absolute Gasteiger partial charge is 0.257 e. The van der Waals surface area contributed by atoms with Crippen molar-refractivity contribution in [3.63, 3.8) is 0 Å². The highest BCUT2D eigenvalue weighted by molar-refractivity contribution is 7.07. The van der Waals surface area contributed by atoms with Crippen LogP contribution in [0.1, 0.15) is 32.0 Å². The van der Waals surface area contributed by atoms with Gasteiger partial charge in [0, 0.05) is 44.4 Å². The number of benzene rings is 1. The number of ether oxygens (including phenoxy) is 1. The zero-order chi connectivity index (χ0) is 22.7. The minimum Gasteiger partial charge on any atom is -0.496 e. The molecule has 2 aromatic heterocycles. The largest absolute Gasteiger partial charge is 0.496 e. The average molecular weight is 456 g/mol. The van der Waals surface area contributed by atoms with Gasteiger partial charge in [0.25, 0.3) is 17.4 Å².